The van der Waals surface area contributed by atoms with Crippen molar-refractivity contribution in [2.45, 2.75) is 19.5 Å². The monoisotopic (exact) mass is 493 g/mol. The zero-order valence-electron chi connectivity index (χ0n) is 20.7. The lowest BCUT2D eigenvalue weighted by molar-refractivity contribution is -0.140. The molecule has 0 radical (unpaired) electrons. The van der Waals surface area contributed by atoms with E-state index in [-0.39, 0.29) is 17.9 Å². The quantitative estimate of drug-likeness (QED) is 0.198. The minimum Gasteiger partial charge on any atom is -0.507 e. The Morgan fingerprint density at radius 3 is 2.32 bits per heavy atom. The minimum atomic E-state index is -0.785. The van der Waals surface area contributed by atoms with Gasteiger partial charge in [0.2, 0.25) is 0 Å². The van der Waals surface area contributed by atoms with Crippen molar-refractivity contribution in [1.29, 1.82) is 0 Å². The van der Waals surface area contributed by atoms with Gasteiger partial charge in [-0.1, -0.05) is 66.7 Å². The van der Waals surface area contributed by atoms with Crippen molar-refractivity contribution in [2.75, 3.05) is 13.7 Å². The van der Waals surface area contributed by atoms with Gasteiger partial charge in [-0.25, -0.2) is 0 Å². The second-order valence-corrected chi connectivity index (χ2v) is 8.80. The van der Waals surface area contributed by atoms with Crippen LogP contribution in [0.15, 0.2) is 96.6 Å². The Labute approximate surface area is 215 Å². The highest BCUT2D eigenvalue weighted by molar-refractivity contribution is 6.46. The summed E-state index contributed by atoms with van der Waals surface area (Å²) in [5.74, 6) is -0.302. The van der Waals surface area contributed by atoms with Crippen LogP contribution in [0.5, 0.6) is 11.5 Å². The van der Waals surface area contributed by atoms with Crippen molar-refractivity contribution < 1.29 is 24.2 Å². The number of likely N-dealkylation sites (tertiary alicyclic amines) is 1. The Balaban J connectivity index is 1.65. The largest absolute Gasteiger partial charge is 0.507 e. The maximum Gasteiger partial charge on any atom is 0.295 e. The number of para-hydroxylation sites is 1. The number of ketones is 1. The zero-order chi connectivity index (χ0) is 25.9. The van der Waals surface area contributed by atoms with Crippen LogP contribution in [0, 0.1) is 0 Å². The fourth-order valence-corrected chi connectivity index (χ4v) is 4.81. The van der Waals surface area contributed by atoms with Gasteiger partial charge in [-0.15, -0.1) is 0 Å². The summed E-state index contributed by atoms with van der Waals surface area (Å²) < 4.78 is 11.1. The molecule has 1 unspecified atom stereocenters. The molecule has 0 spiro atoms. The molecule has 5 rings (SSSR count). The van der Waals surface area contributed by atoms with Crippen molar-refractivity contribution in [3.05, 3.63) is 113 Å². The van der Waals surface area contributed by atoms with E-state index in [9.17, 15) is 14.7 Å². The molecule has 186 valence electrons. The molecule has 1 aliphatic heterocycles. The molecule has 0 saturated carbocycles. The summed E-state index contributed by atoms with van der Waals surface area (Å²) >= 11 is 0. The first kappa shape index (κ1) is 24.1. The molecule has 0 aliphatic carbocycles. The zero-order valence-corrected chi connectivity index (χ0v) is 20.7. The number of fused-ring (bicyclic) bond motifs is 1. The first-order valence-corrected chi connectivity index (χ1v) is 12.1. The highest BCUT2D eigenvalue weighted by atomic mass is 16.5. The van der Waals surface area contributed by atoms with Crippen molar-refractivity contribution in [3.8, 4) is 11.5 Å². The molecular weight excluding hydrogens is 466 g/mol. The van der Waals surface area contributed by atoms with Gasteiger partial charge in [0.1, 0.15) is 17.3 Å². The van der Waals surface area contributed by atoms with Crippen molar-refractivity contribution in [2.24, 2.45) is 0 Å². The molecule has 1 amide bonds. The predicted molar refractivity (Wildman–Crippen MR) is 142 cm³/mol. The predicted octanol–water partition coefficient (Wildman–Crippen LogP) is 5.87. The summed E-state index contributed by atoms with van der Waals surface area (Å²) in [6, 6.07) is 27.1. The number of rotatable bonds is 7. The van der Waals surface area contributed by atoms with Crippen LogP contribution in [0.3, 0.4) is 0 Å². The second kappa shape index (κ2) is 10.2. The standard InChI is InChI=1S/C31H27NO5/c1-3-37-25-16-14-21(15-17-25)28-27(29(33)23-13-12-20-8-4-5-9-22(20)18-23)30(34)31(35)32(28)19-24-10-6-7-11-26(24)36-2/h4-18,28,33H,3,19H2,1-2H3/b29-27-. The summed E-state index contributed by atoms with van der Waals surface area (Å²) in [6.45, 7) is 2.56. The number of Topliss-reactive ketones (excluding diaryl/α,β-unsaturated/α-hetero) is 1. The molecule has 1 heterocycles. The number of methoxy groups -OCH3 is 1. The lowest BCUT2D eigenvalue weighted by atomic mass is 9.94. The molecule has 6 nitrogen and oxygen atoms in total. The van der Waals surface area contributed by atoms with Gasteiger partial charge in [0.15, 0.2) is 0 Å². The topological polar surface area (TPSA) is 76.1 Å². The van der Waals surface area contributed by atoms with Crippen LogP contribution in [-0.2, 0) is 16.1 Å². The number of hydrogen-bond donors (Lipinski definition) is 1. The molecule has 4 aromatic carbocycles. The van der Waals surface area contributed by atoms with Crippen LogP contribution >= 0.6 is 0 Å². The fraction of sp³-hybridized carbons (Fsp3) is 0.161. The number of carbonyl (C=O) groups excluding carboxylic acids is 2. The number of amides is 1. The Morgan fingerprint density at radius 2 is 1.59 bits per heavy atom. The normalized spacial score (nSPS) is 16.8. The van der Waals surface area contributed by atoms with E-state index < -0.39 is 17.7 Å². The fourth-order valence-electron chi connectivity index (χ4n) is 4.81. The maximum atomic E-state index is 13.4. The molecule has 1 atom stereocenters. The number of hydrogen-bond acceptors (Lipinski definition) is 5. The number of aliphatic hydroxyl groups is 1. The third-order valence-corrected chi connectivity index (χ3v) is 6.60. The van der Waals surface area contributed by atoms with Crippen molar-refractivity contribution in [3.63, 3.8) is 0 Å². The van der Waals surface area contributed by atoms with Gasteiger partial charge in [-0.3, -0.25) is 9.59 Å². The first-order valence-electron chi connectivity index (χ1n) is 12.1. The van der Waals surface area contributed by atoms with Gasteiger partial charge in [0.25, 0.3) is 11.7 Å². The number of ether oxygens (including phenoxy) is 2. The SMILES string of the molecule is CCOc1ccc(C2/C(=C(/O)c3ccc4ccccc4c3)C(=O)C(=O)N2Cc2ccccc2OC)cc1. The minimum absolute atomic E-state index is 0.0549. The lowest BCUT2D eigenvalue weighted by Gasteiger charge is -2.26. The molecule has 1 fully saturated rings. The summed E-state index contributed by atoms with van der Waals surface area (Å²) in [7, 11) is 1.57. The number of benzene rings is 4. The lowest BCUT2D eigenvalue weighted by Crippen LogP contribution is -2.29. The molecule has 4 aromatic rings. The van der Waals surface area contributed by atoms with Gasteiger partial charge < -0.3 is 19.5 Å². The Hall–Kier alpha value is -4.58. The van der Waals surface area contributed by atoms with Gasteiger partial charge in [0.05, 0.1) is 31.9 Å². The molecule has 0 aromatic heterocycles. The van der Waals surface area contributed by atoms with Crippen LogP contribution in [0.1, 0.15) is 29.7 Å². The molecule has 1 N–H and O–H groups in total. The highest BCUT2D eigenvalue weighted by Gasteiger charge is 2.46. The summed E-state index contributed by atoms with van der Waals surface area (Å²) in [6.07, 6.45) is 0. The molecule has 0 bridgehead atoms. The van der Waals surface area contributed by atoms with Gasteiger partial charge >= 0.3 is 0 Å². The smallest absolute Gasteiger partial charge is 0.295 e. The van der Waals surface area contributed by atoms with E-state index in [2.05, 4.69) is 0 Å². The van der Waals surface area contributed by atoms with Crippen LogP contribution in [0.25, 0.3) is 16.5 Å². The number of carbonyl (C=O) groups is 2. The average Bonchev–Trinajstić information content (AvgIpc) is 3.18. The van der Waals surface area contributed by atoms with E-state index >= 15 is 0 Å². The van der Waals surface area contributed by atoms with Crippen molar-refractivity contribution >= 4 is 28.2 Å². The van der Waals surface area contributed by atoms with E-state index in [0.29, 0.717) is 29.2 Å². The van der Waals surface area contributed by atoms with Gasteiger partial charge in [-0.05, 0) is 47.5 Å². The van der Waals surface area contributed by atoms with Gasteiger partial charge in [-0.2, -0.15) is 0 Å². The Kier molecular flexibility index (Phi) is 6.64. The third kappa shape index (κ3) is 4.54. The van der Waals surface area contributed by atoms with Crippen LogP contribution < -0.4 is 9.47 Å². The van der Waals surface area contributed by atoms with Crippen molar-refractivity contribution in [1.82, 2.24) is 4.90 Å². The first-order chi connectivity index (χ1) is 18.0. The third-order valence-electron chi connectivity index (χ3n) is 6.60. The van der Waals surface area contributed by atoms with E-state index in [1.165, 1.54) is 4.90 Å². The van der Waals surface area contributed by atoms with Crippen LogP contribution in [-0.4, -0.2) is 35.4 Å². The molecule has 37 heavy (non-hydrogen) atoms. The Morgan fingerprint density at radius 1 is 0.892 bits per heavy atom. The number of aliphatic hydroxyl groups excluding tert-OH is 1. The second-order valence-electron chi connectivity index (χ2n) is 8.80. The molecule has 1 saturated heterocycles. The molecule has 1 aliphatic rings. The van der Waals surface area contributed by atoms with Crippen LogP contribution in [0.4, 0.5) is 0 Å². The van der Waals surface area contributed by atoms with E-state index in [1.54, 1.807) is 25.3 Å². The summed E-state index contributed by atoms with van der Waals surface area (Å²) in [5, 5.41) is 13.4. The van der Waals surface area contributed by atoms with E-state index in [0.717, 1.165) is 16.3 Å². The average molecular weight is 494 g/mol. The summed E-state index contributed by atoms with van der Waals surface area (Å²) in [5.41, 5.74) is 1.98. The summed E-state index contributed by atoms with van der Waals surface area (Å²) in [4.78, 5) is 28.3. The Bertz CT molecular complexity index is 1510. The van der Waals surface area contributed by atoms with Crippen LogP contribution in [0.2, 0.25) is 0 Å². The van der Waals surface area contributed by atoms with E-state index in [1.807, 2.05) is 79.7 Å². The molecular formula is C31H27NO5. The van der Waals surface area contributed by atoms with Gasteiger partial charge in [0, 0.05) is 11.1 Å². The highest BCUT2D eigenvalue weighted by Crippen LogP contribution is 2.41. The van der Waals surface area contributed by atoms with E-state index in [4.69, 9.17) is 9.47 Å². The molecule has 6 heteroatoms. The number of nitrogens with zero attached hydrogens (tertiary/aromatic N) is 1. The maximum absolute atomic E-state index is 13.4.